The molecule has 274 valence electrons. The van der Waals surface area contributed by atoms with Gasteiger partial charge in [-0.25, -0.2) is 15.0 Å². The van der Waals surface area contributed by atoms with E-state index >= 15 is 0 Å². The van der Waals surface area contributed by atoms with Crippen LogP contribution in [0.4, 0.5) is 0 Å². The van der Waals surface area contributed by atoms with Gasteiger partial charge in [0.15, 0.2) is 17.5 Å². The summed E-state index contributed by atoms with van der Waals surface area (Å²) in [6.07, 6.45) is 0.947. The minimum absolute atomic E-state index is 0.619. The standard InChI is InChI=1S/C53H36N4S/c1-2-34-27-29-42-41-21-9-11-25-46(41)57(47(42)31-34)48-33-37(35-15-5-3-6-16-35)28-30-45(48)53-55-51(36-17-7-4-8-18-36)54-52(56-53)39-20-13-19-38(32-39)40-23-14-24-44-43-22-10-12-26-49(43)58-50(40)44/h3-33H,2H2,1H3. The Kier molecular flexibility index (Phi) is 8.26. The van der Waals surface area contributed by atoms with Crippen molar-refractivity contribution in [3.05, 3.63) is 194 Å². The Labute approximate surface area is 340 Å². The van der Waals surface area contributed by atoms with Gasteiger partial charge >= 0.3 is 0 Å². The van der Waals surface area contributed by atoms with Crippen LogP contribution in [0.5, 0.6) is 0 Å². The number of aryl methyl sites for hydroxylation is 1. The third kappa shape index (κ3) is 5.78. The second-order valence-electron chi connectivity index (χ2n) is 14.7. The molecule has 5 heteroatoms. The van der Waals surface area contributed by atoms with Crippen molar-refractivity contribution in [2.45, 2.75) is 13.3 Å². The number of hydrogen-bond acceptors (Lipinski definition) is 4. The molecule has 0 aliphatic carbocycles. The lowest BCUT2D eigenvalue weighted by Crippen LogP contribution is -2.04. The summed E-state index contributed by atoms with van der Waals surface area (Å²) in [5.41, 5.74) is 12.0. The topological polar surface area (TPSA) is 43.6 Å². The van der Waals surface area contributed by atoms with E-state index in [4.69, 9.17) is 15.0 Å². The SMILES string of the molecule is CCc1ccc2c3ccccc3n(-c3cc(-c4ccccc4)ccc3-c3nc(-c4ccccc4)nc(-c4cccc(-c5cccc6c5sc5ccccc56)c4)n3)c2c1. The summed E-state index contributed by atoms with van der Waals surface area (Å²) < 4.78 is 4.98. The molecular weight excluding hydrogens is 725 g/mol. The second-order valence-corrected chi connectivity index (χ2v) is 15.7. The molecule has 0 amide bonds. The first-order chi connectivity index (χ1) is 28.7. The highest BCUT2D eigenvalue weighted by atomic mass is 32.1. The fourth-order valence-corrected chi connectivity index (χ4v) is 9.59. The van der Waals surface area contributed by atoms with Crippen molar-refractivity contribution < 1.29 is 0 Å². The van der Waals surface area contributed by atoms with Crippen LogP contribution in [-0.2, 0) is 6.42 Å². The van der Waals surface area contributed by atoms with Gasteiger partial charge in [0.05, 0.1) is 16.7 Å². The fourth-order valence-electron chi connectivity index (χ4n) is 8.35. The van der Waals surface area contributed by atoms with E-state index in [0.717, 1.165) is 56.5 Å². The Morgan fingerprint density at radius 2 is 1.05 bits per heavy atom. The highest BCUT2D eigenvalue weighted by Gasteiger charge is 2.21. The van der Waals surface area contributed by atoms with Crippen LogP contribution in [0.25, 0.3) is 104 Å². The van der Waals surface area contributed by atoms with Crippen molar-refractivity contribution in [3.63, 3.8) is 0 Å². The molecule has 11 aromatic rings. The first-order valence-electron chi connectivity index (χ1n) is 19.7. The minimum Gasteiger partial charge on any atom is -0.308 e. The Bertz CT molecular complexity index is 3330. The minimum atomic E-state index is 0.619. The molecule has 0 bridgehead atoms. The van der Waals surface area contributed by atoms with Crippen LogP contribution in [0.3, 0.4) is 0 Å². The number of hydrogen-bond donors (Lipinski definition) is 0. The first kappa shape index (κ1) is 34.1. The van der Waals surface area contributed by atoms with E-state index in [-0.39, 0.29) is 0 Å². The van der Waals surface area contributed by atoms with E-state index < -0.39 is 0 Å². The number of nitrogens with zero attached hydrogens (tertiary/aromatic N) is 4. The zero-order valence-electron chi connectivity index (χ0n) is 31.8. The maximum atomic E-state index is 5.37. The molecule has 58 heavy (non-hydrogen) atoms. The van der Waals surface area contributed by atoms with Gasteiger partial charge in [0.25, 0.3) is 0 Å². The summed E-state index contributed by atoms with van der Waals surface area (Å²) in [5.74, 6) is 1.88. The zero-order valence-corrected chi connectivity index (χ0v) is 32.6. The van der Waals surface area contributed by atoms with E-state index in [1.54, 1.807) is 0 Å². The molecule has 0 atom stereocenters. The number of thiophene rings is 1. The molecular formula is C53H36N4S. The van der Waals surface area contributed by atoms with Crippen LogP contribution in [0, 0.1) is 0 Å². The van der Waals surface area contributed by atoms with Gasteiger partial charge in [-0.1, -0.05) is 159 Å². The molecule has 0 spiro atoms. The predicted molar refractivity (Wildman–Crippen MR) is 244 cm³/mol. The molecule has 3 heterocycles. The summed E-state index contributed by atoms with van der Waals surface area (Å²) in [6.45, 7) is 2.21. The quantitative estimate of drug-likeness (QED) is 0.162. The van der Waals surface area contributed by atoms with Gasteiger partial charge in [-0.15, -0.1) is 11.3 Å². The Hall–Kier alpha value is -7.21. The van der Waals surface area contributed by atoms with Gasteiger partial charge in [-0.3, -0.25) is 0 Å². The van der Waals surface area contributed by atoms with Crippen LogP contribution in [-0.4, -0.2) is 19.5 Å². The van der Waals surface area contributed by atoms with Crippen molar-refractivity contribution >= 4 is 53.3 Å². The van der Waals surface area contributed by atoms with E-state index in [2.05, 4.69) is 181 Å². The van der Waals surface area contributed by atoms with E-state index in [0.29, 0.717) is 17.5 Å². The molecule has 3 aromatic heterocycles. The zero-order chi connectivity index (χ0) is 38.6. The predicted octanol–water partition coefficient (Wildman–Crippen LogP) is 14.2. The maximum absolute atomic E-state index is 5.37. The number of aromatic nitrogens is 4. The van der Waals surface area contributed by atoms with Gasteiger partial charge in [0, 0.05) is 47.6 Å². The van der Waals surface area contributed by atoms with Crippen LogP contribution in [0.15, 0.2) is 188 Å². The normalized spacial score (nSPS) is 11.6. The highest BCUT2D eigenvalue weighted by Crippen LogP contribution is 2.42. The highest BCUT2D eigenvalue weighted by molar-refractivity contribution is 7.26. The van der Waals surface area contributed by atoms with Gasteiger partial charge in [-0.2, -0.15) is 0 Å². The molecule has 0 saturated carbocycles. The molecule has 0 N–H and O–H groups in total. The van der Waals surface area contributed by atoms with Crippen LogP contribution >= 0.6 is 11.3 Å². The molecule has 0 aliphatic heterocycles. The van der Waals surface area contributed by atoms with Crippen molar-refractivity contribution in [1.29, 1.82) is 0 Å². The third-order valence-corrected chi connectivity index (χ3v) is 12.5. The van der Waals surface area contributed by atoms with Crippen LogP contribution < -0.4 is 0 Å². The smallest absolute Gasteiger partial charge is 0.166 e. The van der Waals surface area contributed by atoms with Gasteiger partial charge < -0.3 is 4.57 Å². The van der Waals surface area contributed by atoms with E-state index in [1.807, 2.05) is 29.5 Å². The Morgan fingerprint density at radius 3 is 1.88 bits per heavy atom. The summed E-state index contributed by atoms with van der Waals surface area (Å²) in [7, 11) is 0. The van der Waals surface area contributed by atoms with E-state index in [9.17, 15) is 0 Å². The molecule has 4 nitrogen and oxygen atoms in total. The number of para-hydroxylation sites is 1. The lowest BCUT2D eigenvalue weighted by Gasteiger charge is -2.17. The largest absolute Gasteiger partial charge is 0.308 e. The molecule has 0 aliphatic rings. The number of benzene rings is 8. The van der Waals surface area contributed by atoms with Gasteiger partial charge in [0.2, 0.25) is 0 Å². The molecule has 0 saturated heterocycles. The first-order valence-corrected chi connectivity index (χ1v) is 20.6. The van der Waals surface area contributed by atoms with Crippen LogP contribution in [0.1, 0.15) is 12.5 Å². The molecule has 11 rings (SSSR count). The average Bonchev–Trinajstić information content (AvgIpc) is 3.85. The summed E-state index contributed by atoms with van der Waals surface area (Å²) in [5, 5.41) is 5.00. The lowest BCUT2D eigenvalue weighted by molar-refractivity contribution is 1.06. The van der Waals surface area contributed by atoms with Crippen molar-refractivity contribution in [3.8, 4) is 62.1 Å². The fraction of sp³-hybridized carbons (Fsp3) is 0.0377. The second kappa shape index (κ2) is 14.1. The molecule has 0 radical (unpaired) electrons. The summed E-state index contributed by atoms with van der Waals surface area (Å²) in [4.78, 5) is 15.8. The molecule has 0 unspecified atom stereocenters. The Balaban J connectivity index is 1.16. The van der Waals surface area contributed by atoms with Crippen LogP contribution in [0.2, 0.25) is 0 Å². The lowest BCUT2D eigenvalue weighted by atomic mass is 10.00. The number of fused-ring (bicyclic) bond motifs is 6. The molecule has 8 aromatic carbocycles. The van der Waals surface area contributed by atoms with Crippen molar-refractivity contribution in [1.82, 2.24) is 19.5 Å². The average molecular weight is 761 g/mol. The van der Waals surface area contributed by atoms with E-state index in [1.165, 1.54) is 42.1 Å². The van der Waals surface area contributed by atoms with Gasteiger partial charge in [-0.05, 0) is 70.6 Å². The Morgan fingerprint density at radius 1 is 0.414 bits per heavy atom. The third-order valence-electron chi connectivity index (χ3n) is 11.2. The van der Waals surface area contributed by atoms with Crippen molar-refractivity contribution in [2.24, 2.45) is 0 Å². The van der Waals surface area contributed by atoms with Crippen molar-refractivity contribution in [2.75, 3.05) is 0 Å². The monoisotopic (exact) mass is 760 g/mol. The number of rotatable bonds is 7. The summed E-state index contributed by atoms with van der Waals surface area (Å²) >= 11 is 1.84. The maximum Gasteiger partial charge on any atom is 0.166 e. The molecule has 0 fully saturated rings. The summed E-state index contributed by atoms with van der Waals surface area (Å²) in [6, 6.07) is 67.0. The van der Waals surface area contributed by atoms with Gasteiger partial charge in [0.1, 0.15) is 0 Å².